The number of carbonyl (C=O) groups excluding carboxylic acids is 2. The first-order valence-electron chi connectivity index (χ1n) is 10.8. The van der Waals surface area contributed by atoms with E-state index in [4.69, 9.17) is 0 Å². The first kappa shape index (κ1) is 18.0. The van der Waals surface area contributed by atoms with E-state index in [1.54, 1.807) is 0 Å². The summed E-state index contributed by atoms with van der Waals surface area (Å²) < 4.78 is 0. The number of carbonyl (C=O) groups is 2. The minimum Gasteiger partial charge on any atom is -0.550 e. The number of hydrogen-bond donors (Lipinski definition) is 0. The Morgan fingerprint density at radius 1 is 1.07 bits per heavy atom. The van der Waals surface area contributed by atoms with Gasteiger partial charge in [-0.3, -0.25) is 4.79 Å². The molecule has 1 spiro atoms. The Bertz CT molecular complexity index is 838. The van der Waals surface area contributed by atoms with Crippen molar-refractivity contribution in [1.82, 2.24) is 4.90 Å². The van der Waals surface area contributed by atoms with Crippen LogP contribution >= 0.6 is 0 Å². The third-order valence-electron chi connectivity index (χ3n) is 7.99. The Balaban J connectivity index is 1.55. The minimum atomic E-state index is -1.06. The van der Waals surface area contributed by atoms with E-state index in [1.807, 2.05) is 12.1 Å². The van der Waals surface area contributed by atoms with Crippen molar-refractivity contribution in [3.63, 3.8) is 0 Å². The summed E-state index contributed by atoms with van der Waals surface area (Å²) in [5, 5.41) is 11.9. The molecule has 0 saturated heterocycles. The van der Waals surface area contributed by atoms with Gasteiger partial charge in [-0.15, -0.1) is 0 Å². The minimum absolute atomic E-state index is 0.0401. The Hall–Kier alpha value is -2.10. The number of hydrogen-bond acceptors (Lipinski definition) is 3. The zero-order valence-corrected chi connectivity index (χ0v) is 16.5. The SMILES string of the molecule is C[C@H]1CC2(CCCC2)N(C(=O)[C@@H]2[C@H](C(=O)[O-])[C@H]3C=C[C@@H]2C3)Cc2ccccc21. The number of rotatable bonds is 2. The third kappa shape index (κ3) is 2.57. The highest BCUT2D eigenvalue weighted by Gasteiger charge is 2.53. The van der Waals surface area contributed by atoms with Gasteiger partial charge in [-0.1, -0.05) is 56.2 Å². The van der Waals surface area contributed by atoms with Crippen LogP contribution in [0.25, 0.3) is 0 Å². The summed E-state index contributed by atoms with van der Waals surface area (Å²) in [4.78, 5) is 27.9. The van der Waals surface area contributed by atoms with Crippen molar-refractivity contribution in [3.8, 4) is 0 Å². The second-order valence-electron chi connectivity index (χ2n) is 9.48. The number of benzene rings is 1. The zero-order chi connectivity index (χ0) is 19.5. The molecule has 4 aliphatic rings. The highest BCUT2D eigenvalue weighted by molar-refractivity contribution is 5.87. The van der Waals surface area contributed by atoms with Gasteiger partial charge in [0.2, 0.25) is 5.91 Å². The molecule has 2 fully saturated rings. The lowest BCUT2D eigenvalue weighted by Gasteiger charge is -2.44. The molecule has 1 heterocycles. The molecule has 1 aromatic rings. The predicted molar refractivity (Wildman–Crippen MR) is 104 cm³/mol. The van der Waals surface area contributed by atoms with Gasteiger partial charge in [0.05, 0.1) is 5.92 Å². The number of amides is 1. The van der Waals surface area contributed by atoms with E-state index in [0.717, 1.165) is 38.5 Å². The van der Waals surface area contributed by atoms with E-state index in [1.165, 1.54) is 11.1 Å². The van der Waals surface area contributed by atoms with Crippen molar-refractivity contribution in [2.45, 2.75) is 63.5 Å². The molecule has 5 atom stereocenters. The average molecular weight is 378 g/mol. The van der Waals surface area contributed by atoms with Crippen molar-refractivity contribution < 1.29 is 14.7 Å². The number of carboxylic acids is 1. The zero-order valence-electron chi connectivity index (χ0n) is 16.5. The van der Waals surface area contributed by atoms with Crippen molar-refractivity contribution in [1.29, 1.82) is 0 Å². The maximum atomic E-state index is 13.9. The molecule has 4 heteroatoms. The molecule has 2 bridgehead atoms. The fourth-order valence-electron chi connectivity index (χ4n) is 6.77. The van der Waals surface area contributed by atoms with Crippen molar-refractivity contribution >= 4 is 11.9 Å². The summed E-state index contributed by atoms with van der Waals surface area (Å²) in [6, 6.07) is 8.46. The first-order valence-corrected chi connectivity index (χ1v) is 10.8. The molecule has 3 aliphatic carbocycles. The third-order valence-corrected chi connectivity index (χ3v) is 7.99. The molecule has 4 nitrogen and oxygen atoms in total. The molecule has 1 aliphatic heterocycles. The van der Waals surface area contributed by atoms with Crippen LogP contribution in [-0.4, -0.2) is 22.3 Å². The van der Waals surface area contributed by atoms with Gasteiger partial charge in [0.1, 0.15) is 0 Å². The van der Waals surface area contributed by atoms with Crippen LogP contribution in [0, 0.1) is 23.7 Å². The Morgan fingerprint density at radius 2 is 1.75 bits per heavy atom. The monoisotopic (exact) mass is 378 g/mol. The van der Waals surface area contributed by atoms with Gasteiger partial charge in [0.15, 0.2) is 0 Å². The van der Waals surface area contributed by atoms with Gasteiger partial charge in [0, 0.05) is 24.0 Å². The summed E-state index contributed by atoms with van der Waals surface area (Å²) in [7, 11) is 0. The van der Waals surface area contributed by atoms with Crippen LogP contribution in [0.2, 0.25) is 0 Å². The van der Waals surface area contributed by atoms with Crippen LogP contribution in [0.1, 0.15) is 62.5 Å². The summed E-state index contributed by atoms with van der Waals surface area (Å²) >= 11 is 0. The van der Waals surface area contributed by atoms with Gasteiger partial charge in [-0.05, 0) is 54.6 Å². The first-order chi connectivity index (χ1) is 13.5. The van der Waals surface area contributed by atoms with E-state index in [2.05, 4.69) is 36.1 Å². The van der Waals surface area contributed by atoms with Crippen molar-refractivity contribution in [2.75, 3.05) is 0 Å². The highest BCUT2D eigenvalue weighted by atomic mass is 16.4. The van der Waals surface area contributed by atoms with E-state index in [0.29, 0.717) is 12.5 Å². The topological polar surface area (TPSA) is 60.4 Å². The molecule has 0 radical (unpaired) electrons. The van der Waals surface area contributed by atoms with Crippen molar-refractivity contribution in [2.24, 2.45) is 23.7 Å². The van der Waals surface area contributed by atoms with Crippen LogP contribution in [-0.2, 0) is 16.1 Å². The molecule has 0 aromatic heterocycles. The molecule has 1 amide bonds. The fourth-order valence-corrected chi connectivity index (χ4v) is 6.77. The quantitative estimate of drug-likeness (QED) is 0.743. The van der Waals surface area contributed by atoms with E-state index < -0.39 is 17.8 Å². The second kappa shape index (κ2) is 6.47. The largest absolute Gasteiger partial charge is 0.550 e. The molecular weight excluding hydrogens is 350 g/mol. The Kier molecular flexibility index (Phi) is 4.15. The predicted octanol–water partition coefficient (Wildman–Crippen LogP) is 3.02. The molecule has 1 aromatic carbocycles. The highest BCUT2D eigenvalue weighted by Crippen LogP contribution is 2.52. The normalized spacial score (nSPS) is 35.2. The molecular formula is C24H28NO3-. The van der Waals surface area contributed by atoms with Gasteiger partial charge in [-0.2, -0.15) is 0 Å². The fraction of sp³-hybridized carbons (Fsp3) is 0.583. The van der Waals surface area contributed by atoms with Gasteiger partial charge < -0.3 is 14.8 Å². The maximum Gasteiger partial charge on any atom is 0.227 e. The Morgan fingerprint density at radius 3 is 2.46 bits per heavy atom. The van der Waals surface area contributed by atoms with Crippen LogP contribution in [0.5, 0.6) is 0 Å². The number of carboxylic acid groups (broad SMARTS) is 1. The number of aliphatic carboxylic acids is 1. The van der Waals surface area contributed by atoms with Gasteiger partial charge in [-0.25, -0.2) is 0 Å². The standard InChI is InChI=1S/C24H29NO3/c1-15-13-24(10-4-5-11-24)25(14-18-6-2-3-7-19(15)18)22(26)20-16-8-9-17(12-16)21(20)23(27)28/h2-3,6-9,15-17,20-21H,4-5,10-14H2,1H3,(H,27,28)/p-1/t15-,16+,17-,20-,21+/m0/s1. The summed E-state index contributed by atoms with van der Waals surface area (Å²) in [5.41, 5.74) is 2.43. The molecule has 5 rings (SSSR count). The smallest absolute Gasteiger partial charge is 0.227 e. The molecule has 2 saturated carbocycles. The number of fused-ring (bicyclic) bond motifs is 3. The number of allylic oxidation sites excluding steroid dienone is 2. The molecule has 148 valence electrons. The molecule has 28 heavy (non-hydrogen) atoms. The van der Waals surface area contributed by atoms with Gasteiger partial charge in [0.25, 0.3) is 0 Å². The number of nitrogens with zero attached hydrogens (tertiary/aromatic N) is 1. The average Bonchev–Trinajstić information content (AvgIpc) is 3.40. The van der Waals surface area contributed by atoms with Crippen LogP contribution in [0.15, 0.2) is 36.4 Å². The van der Waals surface area contributed by atoms with Crippen LogP contribution in [0.4, 0.5) is 0 Å². The lowest BCUT2D eigenvalue weighted by atomic mass is 9.79. The Labute approximate surface area is 166 Å². The summed E-state index contributed by atoms with van der Waals surface area (Å²) in [6.45, 7) is 2.88. The molecule has 0 N–H and O–H groups in total. The van der Waals surface area contributed by atoms with E-state index in [9.17, 15) is 14.7 Å². The van der Waals surface area contributed by atoms with Gasteiger partial charge >= 0.3 is 0 Å². The van der Waals surface area contributed by atoms with E-state index in [-0.39, 0.29) is 23.3 Å². The van der Waals surface area contributed by atoms with E-state index >= 15 is 0 Å². The lowest BCUT2D eigenvalue weighted by molar-refractivity contribution is -0.313. The maximum absolute atomic E-state index is 13.9. The molecule has 0 unspecified atom stereocenters. The second-order valence-corrected chi connectivity index (χ2v) is 9.48. The van der Waals surface area contributed by atoms with Crippen LogP contribution in [0.3, 0.4) is 0 Å². The lowest BCUT2D eigenvalue weighted by Crippen LogP contribution is -2.54. The van der Waals surface area contributed by atoms with Crippen molar-refractivity contribution in [3.05, 3.63) is 47.5 Å². The summed E-state index contributed by atoms with van der Waals surface area (Å²) in [6.07, 6.45) is 10.2. The summed E-state index contributed by atoms with van der Waals surface area (Å²) in [5.74, 6) is -1.72. The van der Waals surface area contributed by atoms with Crippen LogP contribution < -0.4 is 5.11 Å².